The molecule has 1 aliphatic rings. The molecule has 154 valence electrons. The van der Waals surface area contributed by atoms with Crippen LogP contribution in [0.15, 0.2) is 30.9 Å². The van der Waals surface area contributed by atoms with Crippen LogP contribution in [0.2, 0.25) is 0 Å². The zero-order chi connectivity index (χ0) is 20.4. The Morgan fingerprint density at radius 1 is 1.34 bits per heavy atom. The predicted octanol–water partition coefficient (Wildman–Crippen LogP) is 2.50. The second-order valence-electron chi connectivity index (χ2n) is 6.96. The highest BCUT2D eigenvalue weighted by Gasteiger charge is 2.26. The molecule has 0 aliphatic heterocycles. The molecule has 3 aromatic heterocycles. The topological polar surface area (TPSA) is 107 Å². The molecule has 4 rings (SSSR count). The van der Waals surface area contributed by atoms with Gasteiger partial charge in [-0.3, -0.25) is 9.48 Å². The van der Waals surface area contributed by atoms with Crippen molar-refractivity contribution in [3.63, 3.8) is 0 Å². The Kier molecular flexibility index (Phi) is 5.38. The number of hydrogen-bond donors (Lipinski definition) is 2. The number of aromatic nitrogens is 5. The third-order valence-electron chi connectivity index (χ3n) is 5.12. The Labute approximate surface area is 164 Å². The summed E-state index contributed by atoms with van der Waals surface area (Å²) >= 11 is 0. The van der Waals surface area contributed by atoms with Gasteiger partial charge in [-0.1, -0.05) is 0 Å². The average Bonchev–Trinajstić information content (AvgIpc) is 3.32. The van der Waals surface area contributed by atoms with E-state index in [4.69, 9.17) is 0 Å². The summed E-state index contributed by atoms with van der Waals surface area (Å²) in [5, 5.41) is 20.0. The summed E-state index contributed by atoms with van der Waals surface area (Å²) in [6, 6.07) is 1.66. The largest absolute Gasteiger partial charge is 0.413 e. The van der Waals surface area contributed by atoms with Crippen LogP contribution < -0.4 is 10.1 Å². The second kappa shape index (κ2) is 8.11. The molecule has 0 atom stereocenters. The number of alkyl halides is 2. The molecule has 0 unspecified atom stereocenters. The van der Waals surface area contributed by atoms with E-state index in [1.165, 1.54) is 23.1 Å². The van der Waals surface area contributed by atoms with Crippen LogP contribution in [-0.4, -0.2) is 48.6 Å². The highest BCUT2D eigenvalue weighted by molar-refractivity contribution is 6.08. The smallest absolute Gasteiger partial charge is 0.388 e. The molecule has 2 N–H and O–H groups in total. The number of amides is 1. The minimum Gasteiger partial charge on any atom is -0.413 e. The van der Waals surface area contributed by atoms with Crippen molar-refractivity contribution in [2.45, 2.75) is 38.3 Å². The fraction of sp³-hybridized carbons (Fsp3) is 0.444. The number of fused-ring (bicyclic) bond motifs is 1. The molecule has 0 aromatic carbocycles. The SMILES string of the molecule is O=C(Nc1cn(C2CCC(CO)CC2)nc1OC(F)F)c1cnn2cccnc12. The van der Waals surface area contributed by atoms with Crippen molar-refractivity contribution in [2.75, 3.05) is 11.9 Å². The standard InChI is InChI=1S/C18H20F2N6O3/c19-18(20)29-17-14(9-26(24-17)12-4-2-11(10-27)3-5-12)23-16(28)13-8-22-25-7-1-6-21-15(13)25/h1,6-9,11-12,18,27H,2-5,10H2,(H,23,28). The van der Waals surface area contributed by atoms with Crippen LogP contribution in [0.5, 0.6) is 5.88 Å². The van der Waals surface area contributed by atoms with E-state index in [1.54, 1.807) is 16.9 Å². The number of carbonyl (C=O) groups is 1. The van der Waals surface area contributed by atoms with Crippen LogP contribution >= 0.6 is 0 Å². The van der Waals surface area contributed by atoms with E-state index in [1.807, 2.05) is 0 Å². The minimum atomic E-state index is -3.07. The summed E-state index contributed by atoms with van der Waals surface area (Å²) in [5.41, 5.74) is 0.593. The lowest BCUT2D eigenvalue weighted by molar-refractivity contribution is -0.0529. The number of halogens is 2. The molecule has 0 spiro atoms. The third kappa shape index (κ3) is 4.04. The van der Waals surface area contributed by atoms with E-state index in [2.05, 4.69) is 25.2 Å². The molecule has 1 amide bonds. The van der Waals surface area contributed by atoms with E-state index in [0.717, 1.165) is 25.7 Å². The Morgan fingerprint density at radius 3 is 2.86 bits per heavy atom. The van der Waals surface area contributed by atoms with Crippen molar-refractivity contribution in [1.29, 1.82) is 0 Å². The number of ether oxygens (including phenoxy) is 1. The van der Waals surface area contributed by atoms with Gasteiger partial charge in [-0.05, 0) is 37.7 Å². The summed E-state index contributed by atoms with van der Waals surface area (Å²) in [7, 11) is 0. The van der Waals surface area contributed by atoms with Gasteiger partial charge < -0.3 is 15.2 Å². The third-order valence-corrected chi connectivity index (χ3v) is 5.12. The number of aliphatic hydroxyl groups excluding tert-OH is 1. The number of anilines is 1. The molecule has 0 radical (unpaired) electrons. The normalized spacial score (nSPS) is 19.6. The number of nitrogens with zero attached hydrogens (tertiary/aromatic N) is 5. The molecule has 3 aromatic rings. The Bertz CT molecular complexity index is 997. The van der Waals surface area contributed by atoms with Crippen LogP contribution in [0.4, 0.5) is 14.5 Å². The fourth-order valence-corrected chi connectivity index (χ4v) is 3.59. The van der Waals surface area contributed by atoms with E-state index < -0.39 is 12.5 Å². The first kappa shape index (κ1) is 19.2. The number of aliphatic hydroxyl groups is 1. The van der Waals surface area contributed by atoms with Crippen LogP contribution in [0, 0.1) is 5.92 Å². The maximum absolute atomic E-state index is 12.8. The predicted molar refractivity (Wildman–Crippen MR) is 97.9 cm³/mol. The van der Waals surface area contributed by atoms with E-state index in [0.29, 0.717) is 5.65 Å². The number of carbonyl (C=O) groups excluding carboxylic acids is 1. The van der Waals surface area contributed by atoms with Gasteiger partial charge in [0.05, 0.1) is 18.4 Å². The van der Waals surface area contributed by atoms with Crippen LogP contribution in [0.25, 0.3) is 5.65 Å². The molecule has 1 aliphatic carbocycles. The average molecular weight is 406 g/mol. The molecule has 0 saturated heterocycles. The number of rotatable bonds is 6. The zero-order valence-electron chi connectivity index (χ0n) is 15.4. The van der Waals surface area contributed by atoms with Gasteiger partial charge in [0.2, 0.25) is 0 Å². The summed E-state index contributed by atoms with van der Waals surface area (Å²) < 4.78 is 33.2. The van der Waals surface area contributed by atoms with Gasteiger partial charge in [0, 0.05) is 19.0 Å². The van der Waals surface area contributed by atoms with E-state index in [9.17, 15) is 18.7 Å². The highest BCUT2D eigenvalue weighted by Crippen LogP contribution is 2.34. The summed E-state index contributed by atoms with van der Waals surface area (Å²) in [6.07, 6.45) is 9.18. The molecule has 9 nitrogen and oxygen atoms in total. The maximum atomic E-state index is 12.8. The van der Waals surface area contributed by atoms with Gasteiger partial charge in [0.15, 0.2) is 5.65 Å². The van der Waals surface area contributed by atoms with Crippen molar-refractivity contribution in [3.05, 3.63) is 36.4 Å². The van der Waals surface area contributed by atoms with Gasteiger partial charge in [-0.2, -0.15) is 13.9 Å². The second-order valence-corrected chi connectivity index (χ2v) is 6.96. The lowest BCUT2D eigenvalue weighted by Crippen LogP contribution is -2.20. The van der Waals surface area contributed by atoms with Gasteiger partial charge in [-0.15, -0.1) is 5.10 Å². The molecule has 0 bridgehead atoms. The van der Waals surface area contributed by atoms with Gasteiger partial charge in [0.25, 0.3) is 11.8 Å². The molecule has 29 heavy (non-hydrogen) atoms. The molecular formula is C18H20F2N6O3. The molecule has 11 heteroatoms. The lowest BCUT2D eigenvalue weighted by Gasteiger charge is -2.27. The van der Waals surface area contributed by atoms with Crippen molar-refractivity contribution in [2.24, 2.45) is 5.92 Å². The summed E-state index contributed by atoms with van der Waals surface area (Å²) in [4.78, 5) is 16.8. The monoisotopic (exact) mass is 406 g/mol. The van der Waals surface area contributed by atoms with Crippen molar-refractivity contribution in [3.8, 4) is 5.88 Å². The van der Waals surface area contributed by atoms with Gasteiger partial charge in [0.1, 0.15) is 11.3 Å². The van der Waals surface area contributed by atoms with Crippen LogP contribution in [0.1, 0.15) is 42.1 Å². The van der Waals surface area contributed by atoms with Gasteiger partial charge in [-0.25, -0.2) is 9.50 Å². The zero-order valence-corrected chi connectivity index (χ0v) is 15.4. The van der Waals surface area contributed by atoms with Gasteiger partial charge >= 0.3 is 6.61 Å². The fourth-order valence-electron chi connectivity index (χ4n) is 3.59. The van der Waals surface area contributed by atoms with E-state index >= 15 is 0 Å². The minimum absolute atomic E-state index is 0.0119. The molecular weight excluding hydrogens is 386 g/mol. The van der Waals surface area contributed by atoms with Crippen molar-refractivity contribution in [1.82, 2.24) is 24.4 Å². The quantitative estimate of drug-likeness (QED) is 0.652. The Morgan fingerprint density at radius 2 is 2.14 bits per heavy atom. The molecule has 1 saturated carbocycles. The first-order chi connectivity index (χ1) is 14.0. The Hall–Kier alpha value is -3.08. The Balaban J connectivity index is 1.57. The molecule has 3 heterocycles. The van der Waals surface area contributed by atoms with Crippen LogP contribution in [0.3, 0.4) is 0 Å². The van der Waals surface area contributed by atoms with Crippen molar-refractivity contribution >= 4 is 17.2 Å². The first-order valence-electron chi connectivity index (χ1n) is 9.29. The summed E-state index contributed by atoms with van der Waals surface area (Å²) in [5.74, 6) is -0.649. The number of nitrogens with one attached hydrogen (secondary N) is 1. The first-order valence-corrected chi connectivity index (χ1v) is 9.29. The number of hydrogen-bond acceptors (Lipinski definition) is 6. The maximum Gasteiger partial charge on any atom is 0.388 e. The summed E-state index contributed by atoms with van der Waals surface area (Å²) in [6.45, 7) is -2.93. The lowest BCUT2D eigenvalue weighted by atomic mass is 9.87. The van der Waals surface area contributed by atoms with Crippen LogP contribution in [-0.2, 0) is 0 Å². The van der Waals surface area contributed by atoms with Crippen molar-refractivity contribution < 1.29 is 23.4 Å². The molecule has 1 fully saturated rings. The highest BCUT2D eigenvalue weighted by atomic mass is 19.3. The van der Waals surface area contributed by atoms with E-state index in [-0.39, 0.29) is 35.7 Å².